The minimum Gasteiger partial charge on any atom is -0.375 e. The van der Waals surface area contributed by atoms with Crippen molar-refractivity contribution in [1.29, 1.82) is 0 Å². The van der Waals surface area contributed by atoms with Crippen LogP contribution in [0.4, 0.5) is 17.6 Å². The number of hydrogen-bond acceptors (Lipinski definition) is 8. The molecule has 12 heteroatoms. The van der Waals surface area contributed by atoms with E-state index in [1.807, 2.05) is 22.8 Å². The largest absolute Gasteiger partial charge is 0.375 e. The summed E-state index contributed by atoms with van der Waals surface area (Å²) in [4.78, 5) is 30.4. The lowest BCUT2D eigenvalue weighted by molar-refractivity contribution is -0.136. The van der Waals surface area contributed by atoms with Gasteiger partial charge in [0, 0.05) is 63.2 Å². The molecule has 0 unspecified atom stereocenters. The fraction of sp³-hybridized carbons (Fsp3) is 0.560. The zero-order chi connectivity index (χ0) is 25.6. The molecule has 1 atom stereocenters. The summed E-state index contributed by atoms with van der Waals surface area (Å²) >= 11 is 0. The number of carbonyl (C=O) groups excluding carboxylic acids is 2. The lowest BCUT2D eigenvalue weighted by Crippen LogP contribution is -2.48. The van der Waals surface area contributed by atoms with Gasteiger partial charge in [-0.2, -0.15) is 10.1 Å². The Bertz CT molecular complexity index is 1200. The quantitative estimate of drug-likeness (QED) is 0.393. The van der Waals surface area contributed by atoms with E-state index in [9.17, 15) is 9.59 Å². The maximum atomic E-state index is 11.4. The minimum atomic E-state index is -0.00935. The topological polar surface area (TPSA) is 133 Å². The van der Waals surface area contributed by atoms with Crippen LogP contribution in [-0.4, -0.2) is 88.0 Å². The van der Waals surface area contributed by atoms with Gasteiger partial charge in [-0.15, -0.1) is 5.10 Å². The Morgan fingerprint density at radius 3 is 2.81 bits per heavy atom. The van der Waals surface area contributed by atoms with E-state index >= 15 is 0 Å². The second kappa shape index (κ2) is 11.6. The van der Waals surface area contributed by atoms with Crippen LogP contribution < -0.4 is 15.5 Å². The van der Waals surface area contributed by atoms with Crippen molar-refractivity contribution in [1.82, 2.24) is 35.0 Å². The van der Waals surface area contributed by atoms with Gasteiger partial charge < -0.3 is 25.2 Å². The molecule has 5 heterocycles. The first-order valence-corrected chi connectivity index (χ1v) is 13.0. The number of hydrogen-bond donors (Lipinski definition) is 3. The summed E-state index contributed by atoms with van der Waals surface area (Å²) in [5.41, 5.74) is 2.18. The Hall–Kier alpha value is -3.67. The number of methoxy groups -OCH3 is 1. The van der Waals surface area contributed by atoms with Crippen molar-refractivity contribution in [3.63, 3.8) is 0 Å². The summed E-state index contributed by atoms with van der Waals surface area (Å²) in [6.07, 6.45) is 9.46. The molecular formula is C25H35N9O3. The summed E-state index contributed by atoms with van der Waals surface area (Å²) < 4.78 is 6.66. The number of anilines is 3. The highest BCUT2D eigenvalue weighted by Crippen LogP contribution is 2.39. The first kappa shape index (κ1) is 25.0. The van der Waals surface area contributed by atoms with E-state index < -0.39 is 0 Å². The van der Waals surface area contributed by atoms with Crippen LogP contribution >= 0.6 is 0 Å². The fourth-order valence-electron chi connectivity index (χ4n) is 4.84. The molecular weight excluding hydrogens is 474 g/mol. The van der Waals surface area contributed by atoms with Crippen molar-refractivity contribution >= 4 is 35.4 Å². The van der Waals surface area contributed by atoms with Gasteiger partial charge in [0.15, 0.2) is 11.6 Å². The number of likely N-dealkylation sites (tertiary alicyclic amines) is 1. The number of nitrogens with one attached hydrogen (secondary N) is 3. The minimum absolute atomic E-state index is 0.00935. The molecule has 0 aromatic carbocycles. The number of aromatic nitrogens is 5. The van der Waals surface area contributed by atoms with E-state index in [4.69, 9.17) is 9.72 Å². The van der Waals surface area contributed by atoms with Crippen molar-refractivity contribution in [3.8, 4) is 0 Å². The average Bonchev–Trinajstić information content (AvgIpc) is 3.30. The predicted octanol–water partition coefficient (Wildman–Crippen LogP) is 2.04. The first-order chi connectivity index (χ1) is 18.1. The zero-order valence-corrected chi connectivity index (χ0v) is 21.2. The van der Waals surface area contributed by atoms with E-state index in [-0.39, 0.29) is 18.6 Å². The number of rotatable bonds is 8. The molecule has 1 aliphatic carbocycles. The van der Waals surface area contributed by atoms with Crippen molar-refractivity contribution in [3.05, 3.63) is 30.1 Å². The lowest BCUT2D eigenvalue weighted by atomic mass is 10.1. The third-order valence-electron chi connectivity index (χ3n) is 6.98. The molecule has 198 valence electrons. The SMILES string of the molecule is COCC(=O)N1CCC[C@@H](NC=O)C1.c1cc2c(Nc3cc(C4CC4)[nH]n3)nc(N3CCCC3)nn2c1. The molecule has 2 aliphatic heterocycles. The Kier molecular flexibility index (Phi) is 7.83. The Morgan fingerprint density at radius 1 is 1.22 bits per heavy atom. The number of piperidine rings is 1. The molecule has 2 saturated heterocycles. The molecule has 6 rings (SSSR count). The molecule has 0 radical (unpaired) electrons. The molecule has 3 fully saturated rings. The van der Waals surface area contributed by atoms with Gasteiger partial charge in [-0.05, 0) is 50.7 Å². The third-order valence-corrected chi connectivity index (χ3v) is 6.98. The summed E-state index contributed by atoms with van der Waals surface area (Å²) in [6, 6.07) is 6.20. The molecule has 0 spiro atoms. The van der Waals surface area contributed by atoms with E-state index in [1.165, 1.54) is 38.5 Å². The van der Waals surface area contributed by atoms with Gasteiger partial charge in [0.2, 0.25) is 18.3 Å². The molecule has 1 saturated carbocycles. The van der Waals surface area contributed by atoms with Crippen LogP contribution in [0.25, 0.3) is 5.52 Å². The van der Waals surface area contributed by atoms with Crippen molar-refractivity contribution in [2.24, 2.45) is 0 Å². The van der Waals surface area contributed by atoms with E-state index in [0.29, 0.717) is 18.9 Å². The van der Waals surface area contributed by atoms with Crippen molar-refractivity contribution in [2.45, 2.75) is 50.5 Å². The van der Waals surface area contributed by atoms with Gasteiger partial charge in [-0.25, -0.2) is 4.52 Å². The summed E-state index contributed by atoms with van der Waals surface area (Å²) in [7, 11) is 1.50. The highest BCUT2D eigenvalue weighted by atomic mass is 16.5. The average molecular weight is 510 g/mol. The Morgan fingerprint density at radius 2 is 2.05 bits per heavy atom. The monoisotopic (exact) mass is 509 g/mol. The second-order valence-corrected chi connectivity index (χ2v) is 9.80. The Balaban J connectivity index is 0.000000173. The van der Waals surface area contributed by atoms with Crippen LogP contribution in [0.2, 0.25) is 0 Å². The van der Waals surface area contributed by atoms with Gasteiger partial charge in [0.05, 0.1) is 0 Å². The fourth-order valence-corrected chi connectivity index (χ4v) is 4.84. The highest BCUT2D eigenvalue weighted by Gasteiger charge is 2.26. The smallest absolute Gasteiger partial charge is 0.248 e. The second-order valence-electron chi connectivity index (χ2n) is 9.80. The molecule has 3 N–H and O–H groups in total. The van der Waals surface area contributed by atoms with Crippen LogP contribution in [0.3, 0.4) is 0 Å². The zero-order valence-electron chi connectivity index (χ0n) is 21.2. The molecule has 12 nitrogen and oxygen atoms in total. The molecule has 3 aliphatic rings. The lowest BCUT2D eigenvalue weighted by Gasteiger charge is -2.32. The van der Waals surface area contributed by atoms with E-state index in [0.717, 1.165) is 55.6 Å². The third kappa shape index (κ3) is 6.19. The molecule has 3 aromatic heterocycles. The van der Waals surface area contributed by atoms with Crippen molar-refractivity contribution < 1.29 is 14.3 Å². The van der Waals surface area contributed by atoms with Crippen LogP contribution in [0.1, 0.15) is 50.1 Å². The molecule has 3 aromatic rings. The predicted molar refractivity (Wildman–Crippen MR) is 139 cm³/mol. The number of nitrogens with zero attached hydrogens (tertiary/aromatic N) is 6. The maximum Gasteiger partial charge on any atom is 0.248 e. The number of carbonyl (C=O) groups is 2. The standard InChI is InChI=1S/C16H19N7.C9H16N2O3/c1-2-8-22(7-1)16-18-15(13-4-3-9-23(13)21-16)17-14-10-12(19-20-14)11-5-6-11;1-14-6-9(13)11-4-2-3-8(5-11)10-7-12/h3-4,9-11H,1-2,5-8H2,(H2,17,18,19,20,21);7-8H,2-6H2,1H3,(H,10,12)/t;8-/m.1/s1. The number of aromatic amines is 1. The van der Waals surface area contributed by atoms with Crippen LogP contribution in [0.15, 0.2) is 24.4 Å². The molecule has 0 bridgehead atoms. The van der Waals surface area contributed by atoms with E-state index in [1.54, 1.807) is 4.90 Å². The number of ether oxygens (including phenoxy) is 1. The van der Waals surface area contributed by atoms with E-state index in [2.05, 4.69) is 36.9 Å². The molecule has 2 amide bonds. The number of fused-ring (bicyclic) bond motifs is 1. The van der Waals surface area contributed by atoms with Gasteiger partial charge in [-0.3, -0.25) is 14.7 Å². The van der Waals surface area contributed by atoms with Gasteiger partial charge in [-0.1, -0.05) is 0 Å². The first-order valence-electron chi connectivity index (χ1n) is 13.0. The van der Waals surface area contributed by atoms with Crippen LogP contribution in [-0.2, 0) is 14.3 Å². The summed E-state index contributed by atoms with van der Waals surface area (Å²) in [5, 5.41) is 18.2. The van der Waals surface area contributed by atoms with Crippen LogP contribution in [0, 0.1) is 0 Å². The van der Waals surface area contributed by atoms with Gasteiger partial charge in [0.25, 0.3) is 0 Å². The highest BCUT2D eigenvalue weighted by molar-refractivity contribution is 5.77. The number of H-pyrrole nitrogens is 1. The number of amides is 2. The normalized spacial score (nSPS) is 19.4. The summed E-state index contributed by atoms with van der Waals surface area (Å²) in [5.74, 6) is 3.07. The molecule has 37 heavy (non-hydrogen) atoms. The summed E-state index contributed by atoms with van der Waals surface area (Å²) in [6.45, 7) is 3.54. The van der Waals surface area contributed by atoms with Crippen molar-refractivity contribution in [2.75, 3.05) is 50.1 Å². The van der Waals surface area contributed by atoms with Gasteiger partial charge in [0.1, 0.15) is 12.1 Å². The van der Waals surface area contributed by atoms with Gasteiger partial charge >= 0.3 is 0 Å². The van der Waals surface area contributed by atoms with Crippen LogP contribution in [0.5, 0.6) is 0 Å². The maximum absolute atomic E-state index is 11.4. The Labute approximate surface area is 215 Å².